The van der Waals surface area contributed by atoms with E-state index in [-0.39, 0.29) is 17.0 Å². The van der Waals surface area contributed by atoms with Crippen LogP contribution in [0.25, 0.3) is 0 Å². The highest BCUT2D eigenvalue weighted by Gasteiger charge is 2.12. The van der Waals surface area contributed by atoms with Crippen molar-refractivity contribution in [2.75, 3.05) is 0 Å². The topological polar surface area (TPSA) is 61.1 Å². The van der Waals surface area contributed by atoms with Crippen molar-refractivity contribution in [1.29, 1.82) is 5.26 Å². The minimum absolute atomic E-state index is 0.231. The van der Waals surface area contributed by atoms with Crippen molar-refractivity contribution >= 4 is 30.2 Å². The lowest BCUT2D eigenvalue weighted by molar-refractivity contribution is -0.136. The van der Waals surface area contributed by atoms with E-state index in [1.165, 1.54) is 6.07 Å². The Morgan fingerprint density at radius 2 is 2.29 bits per heavy atom. The lowest BCUT2D eigenvalue weighted by Gasteiger charge is -2.05. The zero-order chi connectivity index (χ0) is 10.7. The third-order valence-electron chi connectivity index (χ3n) is 1.67. The maximum Gasteiger partial charge on any atom is 0.307 e. The van der Waals surface area contributed by atoms with Gasteiger partial charge in [0, 0.05) is 10.5 Å². The van der Waals surface area contributed by atoms with Gasteiger partial charge in [0.15, 0.2) is 0 Å². The third kappa shape index (κ3) is 2.19. The van der Waals surface area contributed by atoms with E-state index in [9.17, 15) is 4.79 Å². The number of carboxylic acid groups (broad SMARTS) is 1. The smallest absolute Gasteiger partial charge is 0.307 e. The second kappa shape index (κ2) is 4.36. The molecule has 3 nitrogen and oxygen atoms in total. The molecule has 1 aromatic carbocycles. The van der Waals surface area contributed by atoms with E-state index in [2.05, 4.69) is 12.6 Å². The zero-order valence-corrected chi connectivity index (χ0v) is 8.64. The van der Waals surface area contributed by atoms with Crippen LogP contribution in [0, 0.1) is 11.3 Å². The molecule has 0 fully saturated rings. The summed E-state index contributed by atoms with van der Waals surface area (Å²) in [5, 5.41) is 17.6. The molecule has 1 rings (SSSR count). The van der Waals surface area contributed by atoms with Gasteiger partial charge in [-0.3, -0.25) is 4.79 Å². The van der Waals surface area contributed by atoms with Crippen molar-refractivity contribution in [3.63, 3.8) is 0 Å². The Morgan fingerprint density at radius 1 is 1.64 bits per heavy atom. The molecule has 14 heavy (non-hydrogen) atoms. The first-order chi connectivity index (χ1) is 6.56. The van der Waals surface area contributed by atoms with Crippen molar-refractivity contribution in [3.05, 3.63) is 28.3 Å². The first kappa shape index (κ1) is 10.9. The maximum atomic E-state index is 10.5. The van der Waals surface area contributed by atoms with Gasteiger partial charge in [0.1, 0.15) is 0 Å². The molecular weight excluding hydrogens is 222 g/mol. The number of benzene rings is 1. The molecular formula is C9H6ClNO2S. The molecule has 0 radical (unpaired) electrons. The molecule has 0 bridgehead atoms. The van der Waals surface area contributed by atoms with E-state index in [4.69, 9.17) is 22.0 Å². The number of hydrogen-bond acceptors (Lipinski definition) is 3. The van der Waals surface area contributed by atoms with E-state index < -0.39 is 5.97 Å². The van der Waals surface area contributed by atoms with Crippen LogP contribution in [-0.2, 0) is 11.2 Å². The molecule has 5 heteroatoms. The molecule has 0 amide bonds. The minimum Gasteiger partial charge on any atom is -0.481 e. The average molecular weight is 228 g/mol. The molecule has 0 unspecified atom stereocenters. The van der Waals surface area contributed by atoms with Crippen LogP contribution in [0.4, 0.5) is 0 Å². The van der Waals surface area contributed by atoms with Crippen LogP contribution in [0.15, 0.2) is 17.0 Å². The van der Waals surface area contributed by atoms with Gasteiger partial charge in [-0.25, -0.2) is 0 Å². The zero-order valence-electron chi connectivity index (χ0n) is 6.99. The largest absolute Gasteiger partial charge is 0.481 e. The predicted molar refractivity (Wildman–Crippen MR) is 54.8 cm³/mol. The van der Waals surface area contributed by atoms with Crippen molar-refractivity contribution in [1.82, 2.24) is 0 Å². The van der Waals surface area contributed by atoms with Gasteiger partial charge in [-0.15, -0.1) is 12.6 Å². The lowest BCUT2D eigenvalue weighted by Crippen LogP contribution is -2.03. The van der Waals surface area contributed by atoms with Crippen molar-refractivity contribution in [2.45, 2.75) is 11.3 Å². The van der Waals surface area contributed by atoms with E-state index in [1.54, 1.807) is 6.07 Å². The van der Waals surface area contributed by atoms with E-state index in [1.807, 2.05) is 6.07 Å². The molecule has 0 aromatic heterocycles. The number of rotatable bonds is 2. The summed E-state index contributed by atoms with van der Waals surface area (Å²) >= 11 is 9.87. The maximum absolute atomic E-state index is 10.5. The first-order valence-electron chi connectivity index (χ1n) is 3.68. The standard InChI is InChI=1S/C9H6ClNO2S/c10-9-6(3-8(12)13)5(4-11)1-2-7(9)14/h1-2,14H,3H2,(H,12,13). The lowest BCUT2D eigenvalue weighted by atomic mass is 10.1. The van der Waals surface area contributed by atoms with Gasteiger partial charge in [0.25, 0.3) is 0 Å². The summed E-state index contributed by atoms with van der Waals surface area (Å²) in [6.07, 6.45) is -0.268. The summed E-state index contributed by atoms with van der Waals surface area (Å²) in [6, 6.07) is 4.96. The Morgan fingerprint density at radius 3 is 2.79 bits per heavy atom. The fourth-order valence-corrected chi connectivity index (χ4v) is 1.48. The van der Waals surface area contributed by atoms with E-state index >= 15 is 0 Å². The highest BCUT2D eigenvalue weighted by molar-refractivity contribution is 7.80. The average Bonchev–Trinajstić information content (AvgIpc) is 2.13. The number of aliphatic carboxylic acids is 1. The fourth-order valence-electron chi connectivity index (χ4n) is 1.04. The van der Waals surface area contributed by atoms with Gasteiger partial charge < -0.3 is 5.11 Å². The van der Waals surface area contributed by atoms with Crippen LogP contribution < -0.4 is 0 Å². The quantitative estimate of drug-likeness (QED) is 0.761. The van der Waals surface area contributed by atoms with Gasteiger partial charge in [0.2, 0.25) is 0 Å². The van der Waals surface area contributed by atoms with E-state index in [0.717, 1.165) is 0 Å². The predicted octanol–water partition coefficient (Wildman–Crippen LogP) is 2.13. The van der Waals surface area contributed by atoms with Crippen molar-refractivity contribution < 1.29 is 9.90 Å². The Kier molecular flexibility index (Phi) is 3.39. The van der Waals surface area contributed by atoms with Crippen LogP contribution >= 0.6 is 24.2 Å². The highest BCUT2D eigenvalue weighted by atomic mass is 35.5. The Hall–Kier alpha value is -1.18. The number of nitriles is 1. The number of hydrogen-bond donors (Lipinski definition) is 2. The van der Waals surface area contributed by atoms with Crippen LogP contribution in [0.2, 0.25) is 5.02 Å². The van der Waals surface area contributed by atoms with E-state index in [0.29, 0.717) is 10.5 Å². The van der Waals surface area contributed by atoms with Crippen molar-refractivity contribution in [2.24, 2.45) is 0 Å². The molecule has 0 aliphatic carbocycles. The summed E-state index contributed by atoms with van der Waals surface area (Å²) in [6.45, 7) is 0. The number of carboxylic acids is 1. The normalized spacial score (nSPS) is 9.50. The SMILES string of the molecule is N#Cc1ccc(S)c(Cl)c1CC(=O)O. The molecule has 0 heterocycles. The minimum atomic E-state index is -1.03. The number of carbonyl (C=O) groups is 1. The molecule has 1 aromatic rings. The second-order valence-electron chi connectivity index (χ2n) is 2.61. The molecule has 0 aliphatic heterocycles. The van der Waals surface area contributed by atoms with Gasteiger partial charge in [-0.05, 0) is 12.1 Å². The molecule has 72 valence electrons. The van der Waals surface area contributed by atoms with Gasteiger partial charge in [-0.1, -0.05) is 11.6 Å². The summed E-state index contributed by atoms with van der Waals surface area (Å²) in [5.41, 5.74) is 0.587. The van der Waals surface area contributed by atoms with Crippen LogP contribution in [0.3, 0.4) is 0 Å². The fraction of sp³-hybridized carbons (Fsp3) is 0.111. The molecule has 0 spiro atoms. The Bertz CT molecular complexity index is 426. The van der Waals surface area contributed by atoms with Crippen LogP contribution in [0.1, 0.15) is 11.1 Å². The second-order valence-corrected chi connectivity index (χ2v) is 3.47. The summed E-state index contributed by atoms with van der Waals surface area (Å²) in [7, 11) is 0. The number of halogens is 1. The van der Waals surface area contributed by atoms with Gasteiger partial charge >= 0.3 is 5.97 Å². The number of nitrogens with zero attached hydrogens (tertiary/aromatic N) is 1. The Balaban J connectivity index is 3.29. The highest BCUT2D eigenvalue weighted by Crippen LogP contribution is 2.27. The van der Waals surface area contributed by atoms with Crippen LogP contribution in [0.5, 0.6) is 0 Å². The summed E-state index contributed by atoms with van der Waals surface area (Å²) in [4.78, 5) is 11.0. The molecule has 0 atom stereocenters. The van der Waals surface area contributed by atoms with Gasteiger partial charge in [-0.2, -0.15) is 5.26 Å². The summed E-state index contributed by atoms with van der Waals surface area (Å²) < 4.78 is 0. The molecule has 0 saturated heterocycles. The third-order valence-corrected chi connectivity index (χ3v) is 2.61. The Labute approximate surface area is 91.3 Å². The monoisotopic (exact) mass is 227 g/mol. The van der Waals surface area contributed by atoms with Crippen molar-refractivity contribution in [3.8, 4) is 6.07 Å². The molecule has 0 saturated carbocycles. The van der Waals surface area contributed by atoms with Gasteiger partial charge in [0.05, 0.1) is 23.1 Å². The molecule has 0 aliphatic rings. The first-order valence-corrected chi connectivity index (χ1v) is 4.51. The molecule has 1 N–H and O–H groups in total. The summed E-state index contributed by atoms with van der Waals surface area (Å²) in [5.74, 6) is -1.03. The number of thiol groups is 1. The van der Waals surface area contributed by atoms with Crippen LogP contribution in [-0.4, -0.2) is 11.1 Å².